The number of fused-ring (bicyclic) bond motifs is 1. The predicted molar refractivity (Wildman–Crippen MR) is 121 cm³/mol. The van der Waals surface area contributed by atoms with Gasteiger partial charge >= 0.3 is 0 Å². The summed E-state index contributed by atoms with van der Waals surface area (Å²) in [5, 5.41) is 4.32. The van der Waals surface area contributed by atoms with Crippen molar-refractivity contribution in [2.45, 2.75) is 38.8 Å². The van der Waals surface area contributed by atoms with Crippen LogP contribution in [-0.4, -0.2) is 56.3 Å². The Labute approximate surface area is 192 Å². The molecule has 2 aliphatic heterocycles. The first-order valence-electron chi connectivity index (χ1n) is 11.3. The van der Waals surface area contributed by atoms with Crippen molar-refractivity contribution in [3.8, 4) is 17.0 Å². The van der Waals surface area contributed by atoms with Crippen LogP contribution in [0.15, 0.2) is 36.7 Å². The van der Waals surface area contributed by atoms with Gasteiger partial charge < -0.3 is 14.5 Å². The fourth-order valence-electron chi connectivity index (χ4n) is 4.51. The highest BCUT2D eigenvalue weighted by atomic mass is 19.1. The van der Waals surface area contributed by atoms with Gasteiger partial charge in [0.15, 0.2) is 5.82 Å². The lowest BCUT2D eigenvalue weighted by molar-refractivity contribution is -0.129. The second kappa shape index (κ2) is 8.80. The number of carbonyl (C=O) groups is 1. The van der Waals surface area contributed by atoms with Crippen LogP contribution in [-0.2, 0) is 24.8 Å². The monoisotopic (exact) mass is 450 g/mol. The molecule has 1 atom stereocenters. The number of aryl methyl sites for hydroxylation is 1. The number of halogens is 1. The Bertz CT molecular complexity index is 1180. The zero-order valence-electron chi connectivity index (χ0n) is 18.9. The minimum absolute atomic E-state index is 0.0443. The van der Waals surface area contributed by atoms with Gasteiger partial charge in [-0.3, -0.25) is 9.48 Å². The summed E-state index contributed by atoms with van der Waals surface area (Å²) in [6, 6.07) is 6.27. The van der Waals surface area contributed by atoms with E-state index in [1.807, 2.05) is 13.2 Å². The molecule has 8 nitrogen and oxygen atoms in total. The molecule has 1 amide bonds. The van der Waals surface area contributed by atoms with Crippen LogP contribution >= 0.6 is 0 Å². The van der Waals surface area contributed by atoms with E-state index in [0.29, 0.717) is 31.8 Å². The lowest BCUT2D eigenvalue weighted by Crippen LogP contribution is -2.42. The second-order valence-electron chi connectivity index (χ2n) is 8.67. The van der Waals surface area contributed by atoms with E-state index in [0.717, 1.165) is 47.8 Å². The maximum Gasteiger partial charge on any atom is 0.219 e. The molecule has 1 aromatic carbocycles. The fourth-order valence-corrected chi connectivity index (χ4v) is 4.51. The molecule has 1 unspecified atom stereocenters. The van der Waals surface area contributed by atoms with Crippen molar-refractivity contribution in [2.24, 2.45) is 7.05 Å². The van der Waals surface area contributed by atoms with Crippen LogP contribution in [0.3, 0.4) is 0 Å². The average molecular weight is 451 g/mol. The van der Waals surface area contributed by atoms with E-state index in [4.69, 9.17) is 14.7 Å². The Morgan fingerprint density at radius 2 is 2.09 bits per heavy atom. The van der Waals surface area contributed by atoms with Gasteiger partial charge in [-0.2, -0.15) is 5.10 Å². The van der Waals surface area contributed by atoms with Crippen LogP contribution in [0.4, 0.5) is 10.2 Å². The molecule has 0 spiro atoms. The predicted octanol–water partition coefficient (Wildman–Crippen LogP) is 2.97. The Kier molecular flexibility index (Phi) is 5.70. The highest BCUT2D eigenvalue weighted by Crippen LogP contribution is 2.32. The number of aromatic nitrogens is 4. The molecule has 5 rings (SSSR count). The summed E-state index contributed by atoms with van der Waals surface area (Å²) in [4.78, 5) is 25.9. The maximum absolute atomic E-state index is 13.6. The Morgan fingerprint density at radius 1 is 1.21 bits per heavy atom. The SMILES string of the molecule is CC(=O)N1CCc2nc(N3CCCC(Oc4cccc(F)c4)C3)c(-c3cnn(C)c3)nc2C1. The number of benzene rings is 1. The third kappa shape index (κ3) is 4.53. The largest absolute Gasteiger partial charge is 0.488 e. The fraction of sp³-hybridized carbons (Fsp3) is 0.417. The number of hydrogen-bond donors (Lipinski definition) is 0. The van der Waals surface area contributed by atoms with Gasteiger partial charge in [-0.1, -0.05) is 6.07 Å². The molecule has 0 saturated carbocycles. The Morgan fingerprint density at radius 3 is 2.85 bits per heavy atom. The zero-order chi connectivity index (χ0) is 22.9. The van der Waals surface area contributed by atoms with E-state index >= 15 is 0 Å². The van der Waals surface area contributed by atoms with Crippen LogP contribution < -0.4 is 9.64 Å². The van der Waals surface area contributed by atoms with Gasteiger partial charge in [0, 0.05) is 51.3 Å². The number of nitrogens with zero attached hydrogens (tertiary/aromatic N) is 6. The summed E-state index contributed by atoms with van der Waals surface area (Å²) in [5.74, 6) is 1.09. The molecule has 1 fully saturated rings. The molecule has 3 aromatic rings. The first-order chi connectivity index (χ1) is 16.0. The molecule has 4 heterocycles. The first-order valence-corrected chi connectivity index (χ1v) is 11.3. The summed E-state index contributed by atoms with van der Waals surface area (Å²) >= 11 is 0. The standard InChI is InChI=1S/C24H27FN6O2/c1-16(32)30-10-8-21-22(15-30)27-23(17-12-26-29(2)13-17)24(28-21)31-9-4-7-20(14-31)33-19-6-3-5-18(25)11-19/h3,5-6,11-13,20H,4,7-10,14-15H2,1-2H3. The van der Waals surface area contributed by atoms with Crippen molar-refractivity contribution in [3.63, 3.8) is 0 Å². The first kappa shape index (κ1) is 21.4. The van der Waals surface area contributed by atoms with Crippen molar-refractivity contribution in [1.82, 2.24) is 24.6 Å². The van der Waals surface area contributed by atoms with Gasteiger partial charge in [0.05, 0.1) is 30.7 Å². The van der Waals surface area contributed by atoms with E-state index in [9.17, 15) is 9.18 Å². The van der Waals surface area contributed by atoms with Gasteiger partial charge in [0.25, 0.3) is 0 Å². The molecule has 172 valence electrons. The lowest BCUT2D eigenvalue weighted by atomic mass is 10.1. The van der Waals surface area contributed by atoms with Crippen LogP contribution in [0.1, 0.15) is 31.2 Å². The number of rotatable bonds is 4. The topological polar surface area (TPSA) is 76.4 Å². The lowest BCUT2D eigenvalue weighted by Gasteiger charge is -2.35. The van der Waals surface area contributed by atoms with E-state index in [2.05, 4.69) is 10.00 Å². The number of anilines is 1. The summed E-state index contributed by atoms with van der Waals surface area (Å²) < 4.78 is 21.4. The van der Waals surface area contributed by atoms with E-state index in [1.54, 1.807) is 34.8 Å². The molecule has 1 saturated heterocycles. The molecule has 33 heavy (non-hydrogen) atoms. The minimum Gasteiger partial charge on any atom is -0.488 e. The van der Waals surface area contributed by atoms with Gasteiger partial charge in [-0.05, 0) is 25.0 Å². The van der Waals surface area contributed by atoms with Crippen LogP contribution in [0, 0.1) is 5.82 Å². The van der Waals surface area contributed by atoms with Crippen molar-refractivity contribution >= 4 is 11.7 Å². The van der Waals surface area contributed by atoms with Gasteiger partial charge in [0.2, 0.25) is 5.91 Å². The quantitative estimate of drug-likeness (QED) is 0.608. The maximum atomic E-state index is 13.6. The van der Waals surface area contributed by atoms with Crippen LogP contribution in [0.2, 0.25) is 0 Å². The third-order valence-electron chi connectivity index (χ3n) is 6.19. The van der Waals surface area contributed by atoms with Crippen molar-refractivity contribution in [2.75, 3.05) is 24.5 Å². The van der Waals surface area contributed by atoms with Crippen molar-refractivity contribution in [3.05, 3.63) is 53.9 Å². The molecule has 0 aliphatic carbocycles. The molecule has 2 aliphatic rings. The average Bonchev–Trinajstić information content (AvgIpc) is 3.24. The molecule has 0 bridgehead atoms. The number of amides is 1. The zero-order valence-corrected chi connectivity index (χ0v) is 18.9. The third-order valence-corrected chi connectivity index (χ3v) is 6.19. The van der Waals surface area contributed by atoms with Gasteiger partial charge in [-0.25, -0.2) is 14.4 Å². The van der Waals surface area contributed by atoms with Gasteiger partial charge in [-0.15, -0.1) is 0 Å². The molecular formula is C24H27FN6O2. The molecule has 2 aromatic heterocycles. The summed E-state index contributed by atoms with van der Waals surface area (Å²) in [6.07, 6.45) is 6.14. The second-order valence-corrected chi connectivity index (χ2v) is 8.67. The van der Waals surface area contributed by atoms with E-state index in [-0.39, 0.29) is 17.8 Å². The van der Waals surface area contributed by atoms with Crippen LogP contribution in [0.25, 0.3) is 11.3 Å². The summed E-state index contributed by atoms with van der Waals surface area (Å²) in [5.41, 5.74) is 3.42. The molecule has 9 heteroatoms. The number of piperidine rings is 1. The minimum atomic E-state index is -0.306. The highest BCUT2D eigenvalue weighted by molar-refractivity contribution is 5.74. The number of hydrogen-bond acceptors (Lipinski definition) is 6. The van der Waals surface area contributed by atoms with E-state index < -0.39 is 0 Å². The van der Waals surface area contributed by atoms with Crippen molar-refractivity contribution in [1.29, 1.82) is 0 Å². The number of carbonyl (C=O) groups excluding carboxylic acids is 1. The molecule has 0 radical (unpaired) electrons. The Hall–Kier alpha value is -3.49. The molecular weight excluding hydrogens is 423 g/mol. The smallest absolute Gasteiger partial charge is 0.219 e. The Balaban J connectivity index is 1.46. The number of ether oxygens (including phenoxy) is 1. The van der Waals surface area contributed by atoms with Crippen molar-refractivity contribution < 1.29 is 13.9 Å². The van der Waals surface area contributed by atoms with Gasteiger partial charge in [0.1, 0.15) is 23.4 Å². The summed E-state index contributed by atoms with van der Waals surface area (Å²) in [7, 11) is 1.87. The van der Waals surface area contributed by atoms with E-state index in [1.165, 1.54) is 12.1 Å². The highest BCUT2D eigenvalue weighted by Gasteiger charge is 2.29. The normalized spacial score (nSPS) is 18.2. The summed E-state index contributed by atoms with van der Waals surface area (Å²) in [6.45, 7) is 4.17. The molecule has 0 N–H and O–H groups in total. The van der Waals surface area contributed by atoms with Crippen LogP contribution in [0.5, 0.6) is 5.75 Å².